The second-order valence-electron chi connectivity index (χ2n) is 6.20. The molecule has 5 nitrogen and oxygen atoms in total. The highest BCUT2D eigenvalue weighted by Crippen LogP contribution is 2.35. The van der Waals surface area contributed by atoms with Gasteiger partial charge in [-0.2, -0.15) is 0 Å². The summed E-state index contributed by atoms with van der Waals surface area (Å²) >= 11 is 0. The first-order valence-electron chi connectivity index (χ1n) is 8.23. The molecule has 0 aliphatic carbocycles. The van der Waals surface area contributed by atoms with Crippen molar-refractivity contribution in [2.45, 2.75) is 25.0 Å². The number of hydrogen-bond donors (Lipinski definition) is 2. The molecule has 1 aromatic heterocycles. The molecule has 2 N–H and O–H groups in total. The largest absolute Gasteiger partial charge is 0.390 e. The van der Waals surface area contributed by atoms with E-state index in [0.717, 1.165) is 17.8 Å². The molecule has 1 aromatic carbocycles. The van der Waals surface area contributed by atoms with Crippen LogP contribution in [0.25, 0.3) is 0 Å². The molecule has 2 heterocycles. The summed E-state index contributed by atoms with van der Waals surface area (Å²) in [6, 6.07) is 14.2. The van der Waals surface area contributed by atoms with Crippen molar-refractivity contribution in [3.63, 3.8) is 0 Å². The summed E-state index contributed by atoms with van der Waals surface area (Å²) in [7, 11) is 1.70. The Balaban J connectivity index is 1.80. The second-order valence-corrected chi connectivity index (χ2v) is 6.20. The molecule has 0 radical (unpaired) electrons. The Morgan fingerprint density at radius 2 is 2.08 bits per heavy atom. The van der Waals surface area contributed by atoms with E-state index in [4.69, 9.17) is 9.47 Å². The van der Waals surface area contributed by atoms with Crippen LogP contribution in [0.1, 0.15) is 23.2 Å². The van der Waals surface area contributed by atoms with E-state index < -0.39 is 0 Å². The van der Waals surface area contributed by atoms with Crippen molar-refractivity contribution in [3.8, 4) is 0 Å². The first kappa shape index (κ1) is 16.9. The maximum absolute atomic E-state index is 9.80. The Morgan fingerprint density at radius 1 is 1.25 bits per heavy atom. The number of aliphatic hydroxyl groups is 1. The fourth-order valence-electron chi connectivity index (χ4n) is 3.28. The molecule has 1 atom stereocenters. The first-order valence-corrected chi connectivity index (χ1v) is 8.23. The van der Waals surface area contributed by atoms with Crippen LogP contribution in [0.4, 0.5) is 5.82 Å². The highest BCUT2D eigenvalue weighted by molar-refractivity contribution is 5.42. The molecular weight excluding hydrogens is 304 g/mol. The zero-order chi connectivity index (χ0) is 16.8. The fourth-order valence-corrected chi connectivity index (χ4v) is 3.28. The van der Waals surface area contributed by atoms with Crippen LogP contribution < -0.4 is 5.32 Å². The quantitative estimate of drug-likeness (QED) is 0.817. The third kappa shape index (κ3) is 3.59. The molecule has 1 unspecified atom stereocenters. The van der Waals surface area contributed by atoms with Crippen molar-refractivity contribution in [2.24, 2.45) is 0 Å². The van der Waals surface area contributed by atoms with Crippen molar-refractivity contribution in [1.29, 1.82) is 0 Å². The molecule has 3 rings (SSSR count). The minimum absolute atomic E-state index is 0.0956. The van der Waals surface area contributed by atoms with Gasteiger partial charge in [-0.1, -0.05) is 36.4 Å². The number of anilines is 1. The molecule has 1 fully saturated rings. The van der Waals surface area contributed by atoms with Gasteiger partial charge in [0.15, 0.2) is 0 Å². The molecular formula is C19H24N2O3. The maximum atomic E-state index is 9.80. The predicted molar refractivity (Wildman–Crippen MR) is 92.9 cm³/mol. The van der Waals surface area contributed by atoms with E-state index in [1.54, 1.807) is 7.11 Å². The molecule has 2 aromatic rings. The maximum Gasteiger partial charge on any atom is 0.126 e. The number of hydrogen-bond acceptors (Lipinski definition) is 5. The molecule has 1 aliphatic rings. The van der Waals surface area contributed by atoms with Gasteiger partial charge in [-0.25, -0.2) is 4.98 Å². The van der Waals surface area contributed by atoms with Gasteiger partial charge >= 0.3 is 0 Å². The third-order valence-corrected chi connectivity index (χ3v) is 4.54. The van der Waals surface area contributed by atoms with Crippen LogP contribution in [0.3, 0.4) is 0 Å². The van der Waals surface area contributed by atoms with Crippen LogP contribution in [0, 0.1) is 0 Å². The van der Waals surface area contributed by atoms with E-state index >= 15 is 0 Å². The SMILES string of the molecule is COCC1(c2ccc(NCc3ccccc3)nc2CO)CCOC1. The van der Waals surface area contributed by atoms with Gasteiger partial charge in [0.2, 0.25) is 0 Å². The van der Waals surface area contributed by atoms with E-state index in [-0.39, 0.29) is 12.0 Å². The summed E-state index contributed by atoms with van der Waals surface area (Å²) in [5.41, 5.74) is 2.69. The van der Waals surface area contributed by atoms with Crippen LogP contribution >= 0.6 is 0 Å². The highest BCUT2D eigenvalue weighted by Gasteiger charge is 2.39. The lowest BCUT2D eigenvalue weighted by Gasteiger charge is -2.28. The average Bonchev–Trinajstić information content (AvgIpc) is 3.10. The van der Waals surface area contributed by atoms with Crippen LogP contribution in [-0.2, 0) is 28.0 Å². The Morgan fingerprint density at radius 3 is 2.75 bits per heavy atom. The van der Waals surface area contributed by atoms with Gasteiger partial charge in [0.05, 0.1) is 25.5 Å². The molecule has 1 aliphatic heterocycles. The zero-order valence-electron chi connectivity index (χ0n) is 14.0. The van der Waals surface area contributed by atoms with Gasteiger partial charge in [-0.15, -0.1) is 0 Å². The third-order valence-electron chi connectivity index (χ3n) is 4.54. The number of aliphatic hydroxyl groups excluding tert-OH is 1. The monoisotopic (exact) mass is 328 g/mol. The molecule has 128 valence electrons. The van der Waals surface area contributed by atoms with Gasteiger partial charge in [0, 0.05) is 25.7 Å². The van der Waals surface area contributed by atoms with Gasteiger partial charge in [0.1, 0.15) is 5.82 Å². The van der Waals surface area contributed by atoms with Gasteiger partial charge in [-0.3, -0.25) is 0 Å². The smallest absolute Gasteiger partial charge is 0.126 e. The summed E-state index contributed by atoms with van der Waals surface area (Å²) in [4.78, 5) is 4.61. The lowest BCUT2D eigenvalue weighted by atomic mass is 9.79. The summed E-state index contributed by atoms with van der Waals surface area (Å²) in [5.74, 6) is 0.762. The average molecular weight is 328 g/mol. The number of ether oxygens (including phenoxy) is 2. The Labute approximate surface area is 142 Å². The standard InChI is InChI=1S/C19H24N2O3/c1-23-13-19(9-10-24-14-19)16-7-8-18(21-17(16)12-22)20-11-15-5-3-2-4-6-15/h2-8,22H,9-14H2,1H3,(H,20,21). The summed E-state index contributed by atoms with van der Waals surface area (Å²) in [6.07, 6.45) is 0.881. The predicted octanol–water partition coefficient (Wildman–Crippen LogP) is 2.49. The number of rotatable bonds is 7. The molecule has 5 heteroatoms. The molecule has 0 amide bonds. The van der Waals surface area contributed by atoms with Crippen molar-refractivity contribution in [1.82, 2.24) is 4.98 Å². The Bertz CT molecular complexity index is 655. The first-order chi connectivity index (χ1) is 11.8. The lowest BCUT2D eigenvalue weighted by Crippen LogP contribution is -2.33. The topological polar surface area (TPSA) is 63.6 Å². The van der Waals surface area contributed by atoms with Gasteiger partial charge in [0.25, 0.3) is 0 Å². The summed E-state index contributed by atoms with van der Waals surface area (Å²) < 4.78 is 11.0. The van der Waals surface area contributed by atoms with Gasteiger partial charge in [-0.05, 0) is 23.6 Å². The zero-order valence-corrected chi connectivity index (χ0v) is 14.0. The van der Waals surface area contributed by atoms with Crippen molar-refractivity contribution in [3.05, 3.63) is 59.3 Å². The number of nitrogens with zero attached hydrogens (tertiary/aromatic N) is 1. The fraction of sp³-hybridized carbons (Fsp3) is 0.421. The normalized spacial score (nSPS) is 20.2. The van der Waals surface area contributed by atoms with Gasteiger partial charge < -0.3 is 19.9 Å². The summed E-state index contributed by atoms with van der Waals surface area (Å²) in [6.45, 7) is 2.49. The van der Waals surface area contributed by atoms with Crippen LogP contribution in [0.15, 0.2) is 42.5 Å². The van der Waals surface area contributed by atoms with Crippen molar-refractivity contribution in [2.75, 3.05) is 32.2 Å². The van der Waals surface area contributed by atoms with E-state index in [2.05, 4.69) is 22.4 Å². The van der Waals surface area contributed by atoms with E-state index in [1.807, 2.05) is 30.3 Å². The molecule has 0 saturated carbocycles. The number of nitrogens with one attached hydrogen (secondary N) is 1. The molecule has 0 bridgehead atoms. The van der Waals surface area contributed by atoms with Crippen LogP contribution in [0.2, 0.25) is 0 Å². The second kappa shape index (κ2) is 7.75. The highest BCUT2D eigenvalue weighted by atomic mass is 16.5. The number of pyridine rings is 1. The number of benzene rings is 1. The minimum Gasteiger partial charge on any atom is -0.390 e. The number of methoxy groups -OCH3 is 1. The van der Waals surface area contributed by atoms with Crippen molar-refractivity contribution >= 4 is 5.82 Å². The van der Waals surface area contributed by atoms with Crippen LogP contribution in [-0.4, -0.2) is 37.0 Å². The van der Waals surface area contributed by atoms with E-state index in [0.29, 0.717) is 32.1 Å². The summed E-state index contributed by atoms with van der Waals surface area (Å²) in [5, 5.41) is 13.1. The molecule has 24 heavy (non-hydrogen) atoms. The van der Waals surface area contributed by atoms with E-state index in [1.165, 1.54) is 5.56 Å². The number of aromatic nitrogens is 1. The molecule has 1 saturated heterocycles. The van der Waals surface area contributed by atoms with Crippen molar-refractivity contribution < 1.29 is 14.6 Å². The minimum atomic E-state index is -0.211. The Hall–Kier alpha value is -1.95. The molecule has 0 spiro atoms. The van der Waals surface area contributed by atoms with Crippen LogP contribution in [0.5, 0.6) is 0 Å². The van der Waals surface area contributed by atoms with E-state index in [9.17, 15) is 5.11 Å². The Kier molecular flexibility index (Phi) is 5.45. The lowest BCUT2D eigenvalue weighted by molar-refractivity contribution is 0.106.